The van der Waals surface area contributed by atoms with Crippen molar-refractivity contribution >= 4 is 27.9 Å². The van der Waals surface area contributed by atoms with Gasteiger partial charge in [-0.25, -0.2) is 15.0 Å². The average molecular weight is 448 g/mol. The molecule has 0 saturated carbocycles. The minimum atomic E-state index is 0.311. The van der Waals surface area contributed by atoms with Crippen molar-refractivity contribution < 1.29 is 0 Å². The number of fused-ring (bicyclic) bond motifs is 2. The number of nitrogens with one attached hydrogen (secondary N) is 3. The average Bonchev–Trinajstić information content (AvgIpc) is 3.48. The Hall–Kier alpha value is -4.66. The summed E-state index contributed by atoms with van der Waals surface area (Å²) in [5.41, 5.74) is 8.03. The van der Waals surface area contributed by atoms with E-state index in [-0.39, 0.29) is 0 Å². The summed E-state index contributed by atoms with van der Waals surface area (Å²) in [7, 11) is 0. The van der Waals surface area contributed by atoms with Crippen molar-refractivity contribution in [3.63, 3.8) is 0 Å². The fourth-order valence-electron chi connectivity index (χ4n) is 3.98. The van der Waals surface area contributed by atoms with Gasteiger partial charge in [0.25, 0.3) is 0 Å². The van der Waals surface area contributed by atoms with Crippen molar-refractivity contribution in [2.24, 2.45) is 0 Å². The molecule has 0 amide bonds. The maximum atomic E-state index is 4.90. The second kappa shape index (κ2) is 8.04. The molecule has 0 spiro atoms. The van der Waals surface area contributed by atoms with E-state index in [2.05, 4.69) is 49.3 Å². The van der Waals surface area contributed by atoms with E-state index in [4.69, 9.17) is 9.97 Å². The zero-order valence-corrected chi connectivity index (χ0v) is 18.6. The first-order valence-electron chi connectivity index (χ1n) is 11.0. The van der Waals surface area contributed by atoms with Crippen LogP contribution in [0.5, 0.6) is 0 Å². The van der Waals surface area contributed by atoms with Crippen molar-refractivity contribution in [1.29, 1.82) is 0 Å². The Labute approximate surface area is 194 Å². The van der Waals surface area contributed by atoms with Gasteiger partial charge in [-0.15, -0.1) is 0 Å². The molecule has 9 nitrogen and oxygen atoms in total. The van der Waals surface area contributed by atoms with Gasteiger partial charge in [-0.1, -0.05) is 6.07 Å². The molecule has 0 aliphatic heterocycles. The first-order valence-corrected chi connectivity index (χ1v) is 11.0. The molecule has 6 aromatic rings. The van der Waals surface area contributed by atoms with Crippen LogP contribution in [0.4, 0.5) is 5.69 Å². The van der Waals surface area contributed by atoms with Crippen LogP contribution in [-0.4, -0.2) is 46.1 Å². The van der Waals surface area contributed by atoms with Crippen LogP contribution in [0.25, 0.3) is 56.2 Å². The Kier molecular flexibility index (Phi) is 4.72. The summed E-state index contributed by atoms with van der Waals surface area (Å²) in [5, 5.41) is 10.9. The molecule has 0 unspecified atom stereocenters. The molecular weight excluding hydrogens is 426 g/mol. The van der Waals surface area contributed by atoms with Gasteiger partial charge in [0.1, 0.15) is 5.52 Å². The van der Waals surface area contributed by atoms with Gasteiger partial charge in [-0.2, -0.15) is 5.10 Å². The van der Waals surface area contributed by atoms with E-state index in [1.807, 2.05) is 54.9 Å². The Balaban J connectivity index is 1.45. The summed E-state index contributed by atoms with van der Waals surface area (Å²) in [6.45, 7) is 4.19. The summed E-state index contributed by atoms with van der Waals surface area (Å²) in [6.07, 6.45) is 7.13. The van der Waals surface area contributed by atoms with Gasteiger partial charge in [0.15, 0.2) is 17.2 Å². The van der Waals surface area contributed by atoms with Crippen LogP contribution in [0, 0.1) is 0 Å². The first-order chi connectivity index (χ1) is 16.7. The number of anilines is 1. The molecule has 0 atom stereocenters. The molecule has 3 N–H and O–H groups in total. The van der Waals surface area contributed by atoms with Gasteiger partial charge in [0.05, 0.1) is 28.1 Å². The number of aromatic nitrogens is 8. The second-order valence-corrected chi connectivity index (χ2v) is 8.28. The number of aromatic amines is 2. The molecule has 6 rings (SSSR count). The lowest BCUT2D eigenvalue weighted by Crippen LogP contribution is -2.09. The van der Waals surface area contributed by atoms with Crippen LogP contribution >= 0.6 is 0 Å². The molecule has 0 radical (unpaired) electrons. The van der Waals surface area contributed by atoms with Crippen LogP contribution in [0.3, 0.4) is 0 Å². The number of imidazole rings is 1. The fourth-order valence-corrected chi connectivity index (χ4v) is 3.98. The van der Waals surface area contributed by atoms with Gasteiger partial charge < -0.3 is 10.3 Å². The van der Waals surface area contributed by atoms with E-state index in [0.717, 1.165) is 44.8 Å². The maximum Gasteiger partial charge on any atom is 0.178 e. The summed E-state index contributed by atoms with van der Waals surface area (Å²) in [5.74, 6) is 0.593. The molecule has 6 heterocycles. The molecule has 9 heteroatoms. The molecule has 166 valence electrons. The Morgan fingerprint density at radius 3 is 2.71 bits per heavy atom. The molecule has 6 aromatic heterocycles. The minimum Gasteiger partial charge on any atom is -0.382 e. The van der Waals surface area contributed by atoms with Gasteiger partial charge >= 0.3 is 0 Å². The van der Waals surface area contributed by atoms with E-state index >= 15 is 0 Å². The van der Waals surface area contributed by atoms with Crippen molar-refractivity contribution in [2.45, 2.75) is 19.9 Å². The highest BCUT2D eigenvalue weighted by molar-refractivity contribution is 5.94. The predicted octanol–water partition coefficient (Wildman–Crippen LogP) is 4.84. The van der Waals surface area contributed by atoms with Crippen molar-refractivity contribution in [3.05, 3.63) is 67.3 Å². The Morgan fingerprint density at radius 1 is 0.912 bits per heavy atom. The summed E-state index contributed by atoms with van der Waals surface area (Å²) in [4.78, 5) is 26.3. The van der Waals surface area contributed by atoms with E-state index in [0.29, 0.717) is 23.2 Å². The van der Waals surface area contributed by atoms with Gasteiger partial charge in [0.2, 0.25) is 0 Å². The lowest BCUT2D eigenvalue weighted by atomic mass is 10.1. The second-order valence-electron chi connectivity index (χ2n) is 8.28. The SMILES string of the molecule is CC(C)Nc1cncc(-c2ccc3[nH]nc(-c4nc5nccc(-c6ccccn6)c5[nH]4)c3n2)c1. The lowest BCUT2D eigenvalue weighted by Gasteiger charge is -2.10. The van der Waals surface area contributed by atoms with Gasteiger partial charge in [-0.05, 0) is 50.2 Å². The fraction of sp³-hybridized carbons (Fsp3) is 0.120. The molecule has 0 bridgehead atoms. The number of nitrogens with zero attached hydrogens (tertiary/aromatic N) is 6. The van der Waals surface area contributed by atoms with Crippen molar-refractivity contribution in [1.82, 2.24) is 40.1 Å². The van der Waals surface area contributed by atoms with E-state index in [1.165, 1.54) is 0 Å². The van der Waals surface area contributed by atoms with Crippen molar-refractivity contribution in [2.75, 3.05) is 5.32 Å². The Bertz CT molecular complexity index is 1620. The van der Waals surface area contributed by atoms with Crippen LogP contribution < -0.4 is 5.32 Å². The number of hydrogen-bond donors (Lipinski definition) is 3. The molecule has 34 heavy (non-hydrogen) atoms. The Morgan fingerprint density at radius 2 is 1.85 bits per heavy atom. The minimum absolute atomic E-state index is 0.311. The topological polar surface area (TPSA) is 121 Å². The van der Waals surface area contributed by atoms with Crippen molar-refractivity contribution in [3.8, 4) is 34.0 Å². The van der Waals surface area contributed by atoms with Crippen LogP contribution in [0.1, 0.15) is 13.8 Å². The third-order valence-corrected chi connectivity index (χ3v) is 5.45. The molecule has 0 saturated heterocycles. The molecule has 0 aliphatic carbocycles. The molecular formula is C25H21N9. The standard InChI is InChI=1S/C25H21N9/c1-14(2)29-16-11-15(12-26-13-16)18-6-7-20-22(30-18)23(34-33-20)25-31-21-17(8-10-28-24(21)32-25)19-5-3-4-9-27-19/h3-14,29H,1-2H3,(H,33,34)(H,28,31,32). The number of hydrogen-bond acceptors (Lipinski definition) is 7. The first kappa shape index (κ1) is 20.0. The summed E-state index contributed by atoms with van der Waals surface area (Å²) < 4.78 is 0. The third-order valence-electron chi connectivity index (χ3n) is 5.45. The highest BCUT2D eigenvalue weighted by Crippen LogP contribution is 2.30. The zero-order valence-electron chi connectivity index (χ0n) is 18.6. The highest BCUT2D eigenvalue weighted by atomic mass is 15.2. The predicted molar refractivity (Wildman–Crippen MR) is 132 cm³/mol. The van der Waals surface area contributed by atoms with Gasteiger partial charge in [-0.3, -0.25) is 15.1 Å². The highest BCUT2D eigenvalue weighted by Gasteiger charge is 2.17. The smallest absolute Gasteiger partial charge is 0.178 e. The van der Waals surface area contributed by atoms with E-state index in [9.17, 15) is 0 Å². The lowest BCUT2D eigenvalue weighted by molar-refractivity contribution is 0.898. The molecule has 0 aliphatic rings. The van der Waals surface area contributed by atoms with Crippen LogP contribution in [0.2, 0.25) is 0 Å². The molecule has 0 fully saturated rings. The maximum absolute atomic E-state index is 4.90. The van der Waals surface area contributed by atoms with E-state index < -0.39 is 0 Å². The largest absolute Gasteiger partial charge is 0.382 e. The summed E-state index contributed by atoms with van der Waals surface area (Å²) >= 11 is 0. The van der Waals surface area contributed by atoms with Crippen LogP contribution in [0.15, 0.2) is 67.3 Å². The number of pyridine rings is 4. The van der Waals surface area contributed by atoms with Crippen LogP contribution in [-0.2, 0) is 0 Å². The summed E-state index contributed by atoms with van der Waals surface area (Å²) in [6, 6.07) is 14.0. The monoisotopic (exact) mass is 447 g/mol. The van der Waals surface area contributed by atoms with E-state index in [1.54, 1.807) is 12.4 Å². The third kappa shape index (κ3) is 3.53. The normalized spacial score (nSPS) is 11.5. The molecule has 0 aromatic carbocycles. The zero-order chi connectivity index (χ0) is 23.1. The van der Waals surface area contributed by atoms with Gasteiger partial charge in [0, 0.05) is 42.0 Å². The number of H-pyrrole nitrogens is 2. The quantitative estimate of drug-likeness (QED) is 0.346. The number of rotatable bonds is 5.